The zero-order valence-electron chi connectivity index (χ0n) is 19.3. The lowest BCUT2D eigenvalue weighted by molar-refractivity contribution is -0.160. The van der Waals surface area contributed by atoms with Crippen molar-refractivity contribution in [1.82, 2.24) is 10.2 Å². The Morgan fingerprint density at radius 2 is 1.91 bits per heavy atom. The zero-order chi connectivity index (χ0) is 25.2. The van der Waals surface area contributed by atoms with Crippen LogP contribution in [0.15, 0.2) is 54.6 Å². The van der Waals surface area contributed by atoms with Crippen molar-refractivity contribution in [3.63, 3.8) is 0 Å². The predicted octanol–water partition coefficient (Wildman–Crippen LogP) is 2.47. The van der Waals surface area contributed by atoms with Crippen LogP contribution in [-0.2, 0) is 20.8 Å². The smallest absolute Gasteiger partial charge is 0.312 e. The molecule has 182 valence electrons. The fourth-order valence-electron chi connectivity index (χ4n) is 4.69. The standard InChI is InChI=1S/C26H27N3O5S/c1-26(25(33)34)15-29-23(32)20(24(29)35-19(26)12-7-13-27)28-22(31)21(30)18-11-6-5-10-17(18)14-16-8-3-2-4-9-16/h2-6,8-11,19-21,24,30H,7,12,14-15H2,1H3,(H,28,31)(H,33,34)/t19?,20?,21?,24-,26?/m1/s1. The van der Waals surface area contributed by atoms with Gasteiger partial charge >= 0.3 is 5.97 Å². The van der Waals surface area contributed by atoms with Gasteiger partial charge in [-0.1, -0.05) is 54.6 Å². The highest BCUT2D eigenvalue weighted by Crippen LogP contribution is 2.48. The van der Waals surface area contributed by atoms with E-state index in [0.717, 1.165) is 11.1 Å². The minimum absolute atomic E-state index is 0.0176. The molecule has 4 unspecified atom stereocenters. The third-order valence-corrected chi connectivity index (χ3v) is 8.68. The highest BCUT2D eigenvalue weighted by atomic mass is 32.2. The molecular formula is C26H27N3O5S. The van der Waals surface area contributed by atoms with E-state index in [0.29, 0.717) is 18.4 Å². The predicted molar refractivity (Wildman–Crippen MR) is 130 cm³/mol. The SMILES string of the molecule is CC1(C(=O)O)CN2C(=O)C(NC(=O)C(O)c3ccccc3Cc3ccccc3)[C@H]2SC1CCC#N. The van der Waals surface area contributed by atoms with E-state index in [4.69, 9.17) is 5.26 Å². The normalized spacial score (nSPS) is 26.1. The quantitative estimate of drug-likeness (QED) is 0.482. The van der Waals surface area contributed by atoms with Crippen LogP contribution in [0, 0.1) is 16.7 Å². The summed E-state index contributed by atoms with van der Waals surface area (Å²) in [7, 11) is 0. The van der Waals surface area contributed by atoms with Gasteiger partial charge in [0, 0.05) is 18.2 Å². The summed E-state index contributed by atoms with van der Waals surface area (Å²) >= 11 is 1.30. The number of thioether (sulfide) groups is 1. The Hall–Kier alpha value is -3.35. The number of aliphatic hydroxyl groups excluding tert-OH is 1. The van der Waals surface area contributed by atoms with Crippen molar-refractivity contribution in [2.75, 3.05) is 6.54 Å². The number of nitrogens with zero attached hydrogens (tertiary/aromatic N) is 2. The number of benzene rings is 2. The molecule has 2 heterocycles. The van der Waals surface area contributed by atoms with Crippen molar-refractivity contribution in [3.05, 3.63) is 71.3 Å². The topological polar surface area (TPSA) is 131 Å². The van der Waals surface area contributed by atoms with Crippen molar-refractivity contribution in [3.8, 4) is 6.07 Å². The number of β-lactam (4-membered cyclic amide) rings is 1. The van der Waals surface area contributed by atoms with Crippen molar-refractivity contribution >= 4 is 29.5 Å². The molecule has 9 heteroatoms. The number of aliphatic hydroxyl groups is 1. The van der Waals surface area contributed by atoms with Crippen LogP contribution in [0.1, 0.15) is 42.6 Å². The van der Waals surface area contributed by atoms with Gasteiger partial charge < -0.3 is 20.4 Å². The summed E-state index contributed by atoms with van der Waals surface area (Å²) in [6, 6.07) is 18.1. The van der Waals surface area contributed by atoms with Crippen molar-refractivity contribution < 1.29 is 24.6 Å². The average Bonchev–Trinajstić information content (AvgIpc) is 2.86. The first-order valence-corrected chi connectivity index (χ1v) is 12.4. The molecule has 0 spiro atoms. The second kappa shape index (κ2) is 10.1. The number of amides is 2. The number of hydrogen-bond donors (Lipinski definition) is 3. The molecule has 2 aromatic carbocycles. The Balaban J connectivity index is 1.47. The molecule has 3 N–H and O–H groups in total. The van der Waals surface area contributed by atoms with Crippen molar-refractivity contribution in [2.45, 2.75) is 49.0 Å². The molecule has 0 saturated carbocycles. The summed E-state index contributed by atoms with van der Waals surface area (Å²) in [5.41, 5.74) is 1.14. The number of fused-ring (bicyclic) bond motifs is 1. The van der Waals surface area contributed by atoms with Crippen LogP contribution in [-0.4, -0.2) is 56.1 Å². The summed E-state index contributed by atoms with van der Waals surface area (Å²) in [5, 5.41) is 31.5. The highest BCUT2D eigenvalue weighted by molar-refractivity contribution is 8.00. The number of carbonyl (C=O) groups excluding carboxylic acids is 2. The lowest BCUT2D eigenvalue weighted by Crippen LogP contribution is -2.74. The van der Waals surface area contributed by atoms with E-state index in [9.17, 15) is 24.6 Å². The molecule has 2 aliphatic rings. The number of carboxylic acids is 1. The molecule has 2 saturated heterocycles. The summed E-state index contributed by atoms with van der Waals surface area (Å²) in [6.45, 7) is 1.61. The third kappa shape index (κ3) is 4.77. The van der Waals surface area contributed by atoms with Crippen LogP contribution in [0.4, 0.5) is 0 Å². The minimum atomic E-state index is -1.45. The Kier molecular flexibility index (Phi) is 7.15. The van der Waals surface area contributed by atoms with E-state index in [2.05, 4.69) is 11.4 Å². The maximum atomic E-state index is 13.0. The van der Waals surface area contributed by atoms with E-state index in [1.807, 2.05) is 42.5 Å². The van der Waals surface area contributed by atoms with Gasteiger partial charge in [-0.3, -0.25) is 14.4 Å². The van der Waals surface area contributed by atoms with Gasteiger partial charge in [0.2, 0.25) is 5.91 Å². The Bertz CT molecular complexity index is 1170. The molecule has 2 aliphatic heterocycles. The van der Waals surface area contributed by atoms with Crippen LogP contribution >= 0.6 is 11.8 Å². The number of carbonyl (C=O) groups is 3. The Morgan fingerprint density at radius 3 is 2.60 bits per heavy atom. The van der Waals surface area contributed by atoms with Gasteiger partial charge in [0.25, 0.3) is 5.91 Å². The van der Waals surface area contributed by atoms with Gasteiger partial charge in [0.05, 0.1) is 11.5 Å². The fourth-order valence-corrected chi connectivity index (χ4v) is 6.42. The van der Waals surface area contributed by atoms with Crippen LogP contribution in [0.3, 0.4) is 0 Å². The van der Waals surface area contributed by atoms with Gasteiger partial charge in [-0.25, -0.2) is 0 Å². The van der Waals surface area contributed by atoms with Crippen LogP contribution in [0.2, 0.25) is 0 Å². The van der Waals surface area contributed by atoms with Crippen LogP contribution in [0.25, 0.3) is 0 Å². The van der Waals surface area contributed by atoms with E-state index in [1.54, 1.807) is 19.1 Å². The maximum absolute atomic E-state index is 13.0. The molecule has 2 fully saturated rings. The van der Waals surface area contributed by atoms with Gasteiger partial charge in [-0.15, -0.1) is 11.8 Å². The summed E-state index contributed by atoms with van der Waals surface area (Å²) in [6.07, 6.45) is -0.331. The fraction of sp³-hybridized carbons (Fsp3) is 0.385. The van der Waals surface area contributed by atoms with Crippen LogP contribution in [0.5, 0.6) is 0 Å². The third-order valence-electron chi connectivity index (χ3n) is 6.79. The summed E-state index contributed by atoms with van der Waals surface area (Å²) < 4.78 is 0. The first-order valence-electron chi connectivity index (χ1n) is 11.4. The largest absolute Gasteiger partial charge is 0.481 e. The number of hydrogen-bond acceptors (Lipinski definition) is 6. The summed E-state index contributed by atoms with van der Waals surface area (Å²) in [5.74, 6) is -2.06. The monoisotopic (exact) mass is 493 g/mol. The molecule has 5 atom stereocenters. The molecule has 0 aromatic heterocycles. The van der Waals surface area contributed by atoms with E-state index in [1.165, 1.54) is 16.7 Å². The number of nitrogens with one attached hydrogen (secondary N) is 1. The van der Waals surface area contributed by atoms with Gasteiger partial charge in [0.1, 0.15) is 11.4 Å². The van der Waals surface area contributed by atoms with Crippen molar-refractivity contribution in [2.24, 2.45) is 5.41 Å². The second-order valence-corrected chi connectivity index (χ2v) is 10.5. The number of rotatable bonds is 8. The number of carboxylic acid groups (broad SMARTS) is 1. The lowest BCUT2D eigenvalue weighted by atomic mass is 9.82. The number of nitriles is 1. The maximum Gasteiger partial charge on any atom is 0.312 e. The molecular weight excluding hydrogens is 466 g/mol. The highest BCUT2D eigenvalue weighted by Gasteiger charge is 2.59. The van der Waals surface area contributed by atoms with Crippen LogP contribution < -0.4 is 5.32 Å². The average molecular weight is 494 g/mol. The molecule has 8 nitrogen and oxygen atoms in total. The molecule has 2 amide bonds. The van der Waals surface area contributed by atoms with E-state index < -0.39 is 34.8 Å². The van der Waals surface area contributed by atoms with Gasteiger partial charge in [-0.2, -0.15) is 5.26 Å². The summed E-state index contributed by atoms with van der Waals surface area (Å²) in [4.78, 5) is 39.2. The minimum Gasteiger partial charge on any atom is -0.481 e. The first kappa shape index (κ1) is 24.8. The molecule has 35 heavy (non-hydrogen) atoms. The molecule has 2 aromatic rings. The van der Waals surface area contributed by atoms with E-state index in [-0.39, 0.29) is 24.1 Å². The lowest BCUT2D eigenvalue weighted by Gasteiger charge is -2.56. The molecule has 4 rings (SSSR count). The van der Waals surface area contributed by atoms with E-state index >= 15 is 0 Å². The molecule has 0 aliphatic carbocycles. The Morgan fingerprint density at radius 1 is 1.23 bits per heavy atom. The first-order chi connectivity index (χ1) is 16.8. The number of aliphatic carboxylic acids is 1. The molecule has 0 bridgehead atoms. The zero-order valence-corrected chi connectivity index (χ0v) is 20.1. The molecule has 0 radical (unpaired) electrons. The Labute approximate surface area is 207 Å². The van der Waals surface area contributed by atoms with Crippen molar-refractivity contribution in [1.29, 1.82) is 5.26 Å². The second-order valence-electron chi connectivity index (χ2n) is 9.15. The van der Waals surface area contributed by atoms with Gasteiger partial charge in [-0.05, 0) is 36.5 Å². The van der Waals surface area contributed by atoms with Gasteiger partial charge in [0.15, 0.2) is 6.10 Å².